The molecule has 1 aromatic carbocycles. The summed E-state index contributed by atoms with van der Waals surface area (Å²) in [7, 11) is 1.89. The van der Waals surface area contributed by atoms with Gasteiger partial charge in [-0.2, -0.15) is 0 Å². The van der Waals surface area contributed by atoms with E-state index < -0.39 is 0 Å². The van der Waals surface area contributed by atoms with Gasteiger partial charge in [0.15, 0.2) is 0 Å². The number of anilines is 2. The molecule has 0 aromatic heterocycles. The van der Waals surface area contributed by atoms with Gasteiger partial charge in [0.2, 0.25) is 0 Å². The summed E-state index contributed by atoms with van der Waals surface area (Å²) >= 11 is 0. The van der Waals surface area contributed by atoms with E-state index in [1.165, 1.54) is 5.56 Å². The summed E-state index contributed by atoms with van der Waals surface area (Å²) in [4.78, 5) is 0. The highest BCUT2D eigenvalue weighted by Gasteiger charge is 1.95. The summed E-state index contributed by atoms with van der Waals surface area (Å²) in [5.41, 5.74) is 8.92. The molecule has 0 aliphatic heterocycles. The third kappa shape index (κ3) is 1.64. The molecule has 0 aliphatic carbocycles. The number of aryl methyl sites for hydroxylation is 1. The van der Waals surface area contributed by atoms with Crippen LogP contribution in [0.1, 0.15) is 12.5 Å². The van der Waals surface area contributed by atoms with E-state index in [9.17, 15) is 0 Å². The van der Waals surface area contributed by atoms with E-state index in [0.717, 1.165) is 17.8 Å². The molecule has 11 heavy (non-hydrogen) atoms. The molecule has 2 nitrogen and oxygen atoms in total. The lowest BCUT2D eigenvalue weighted by Crippen LogP contribution is -1.95. The molecule has 1 aromatic rings. The first kappa shape index (κ1) is 7.92. The van der Waals surface area contributed by atoms with E-state index in [2.05, 4.69) is 18.3 Å². The number of nitrogen functional groups attached to an aromatic ring is 1. The minimum Gasteiger partial charge on any atom is -0.398 e. The van der Waals surface area contributed by atoms with E-state index in [-0.39, 0.29) is 0 Å². The number of hydrogen-bond donors (Lipinski definition) is 2. The lowest BCUT2D eigenvalue weighted by Gasteiger charge is -2.05. The van der Waals surface area contributed by atoms with Crippen molar-refractivity contribution >= 4 is 11.4 Å². The molecule has 60 valence electrons. The SMILES string of the molecule is CCc1ccc(NC)cc1N. The summed E-state index contributed by atoms with van der Waals surface area (Å²) in [5, 5.41) is 3.04. The fourth-order valence-corrected chi connectivity index (χ4v) is 1.07. The van der Waals surface area contributed by atoms with Crippen molar-refractivity contribution in [1.82, 2.24) is 0 Å². The van der Waals surface area contributed by atoms with Crippen LogP contribution in [0.4, 0.5) is 11.4 Å². The van der Waals surface area contributed by atoms with E-state index in [1.807, 2.05) is 19.2 Å². The summed E-state index contributed by atoms with van der Waals surface area (Å²) in [6.45, 7) is 2.10. The Morgan fingerprint density at radius 2 is 2.18 bits per heavy atom. The maximum atomic E-state index is 5.77. The Kier molecular flexibility index (Phi) is 2.36. The molecule has 0 saturated carbocycles. The molecule has 0 unspecified atom stereocenters. The molecule has 0 fully saturated rings. The topological polar surface area (TPSA) is 38.0 Å². The standard InChI is InChI=1S/C9H14N2/c1-3-7-4-5-8(11-2)6-9(7)10/h4-6,11H,3,10H2,1-2H3. The van der Waals surface area contributed by atoms with Gasteiger partial charge in [-0.1, -0.05) is 13.0 Å². The second kappa shape index (κ2) is 3.28. The normalized spacial score (nSPS) is 9.64. The highest BCUT2D eigenvalue weighted by atomic mass is 14.8. The van der Waals surface area contributed by atoms with Crippen molar-refractivity contribution in [1.29, 1.82) is 0 Å². The lowest BCUT2D eigenvalue weighted by atomic mass is 10.1. The van der Waals surface area contributed by atoms with Gasteiger partial charge in [0.1, 0.15) is 0 Å². The number of nitrogens with one attached hydrogen (secondary N) is 1. The molecule has 3 N–H and O–H groups in total. The molecular weight excluding hydrogens is 136 g/mol. The van der Waals surface area contributed by atoms with Crippen LogP contribution in [0.25, 0.3) is 0 Å². The fraction of sp³-hybridized carbons (Fsp3) is 0.333. The van der Waals surface area contributed by atoms with Crippen molar-refractivity contribution in [3.05, 3.63) is 23.8 Å². The Labute approximate surface area is 67.4 Å². The highest BCUT2D eigenvalue weighted by molar-refractivity contribution is 5.58. The average Bonchev–Trinajstić information content (AvgIpc) is 2.04. The third-order valence-electron chi connectivity index (χ3n) is 1.82. The first-order valence-corrected chi connectivity index (χ1v) is 3.84. The highest BCUT2D eigenvalue weighted by Crippen LogP contribution is 2.17. The fourth-order valence-electron chi connectivity index (χ4n) is 1.07. The molecule has 0 amide bonds. The third-order valence-corrected chi connectivity index (χ3v) is 1.82. The zero-order chi connectivity index (χ0) is 8.27. The molecule has 0 radical (unpaired) electrons. The van der Waals surface area contributed by atoms with E-state index >= 15 is 0 Å². The predicted molar refractivity (Wildman–Crippen MR) is 49.8 cm³/mol. The van der Waals surface area contributed by atoms with Gasteiger partial charge in [-0.25, -0.2) is 0 Å². The first-order valence-electron chi connectivity index (χ1n) is 3.84. The number of rotatable bonds is 2. The van der Waals surface area contributed by atoms with Gasteiger partial charge in [0, 0.05) is 18.4 Å². The first-order chi connectivity index (χ1) is 5.27. The summed E-state index contributed by atoms with van der Waals surface area (Å²) in [6, 6.07) is 6.05. The van der Waals surface area contributed by atoms with Gasteiger partial charge in [0.05, 0.1) is 0 Å². The van der Waals surface area contributed by atoms with E-state index in [1.54, 1.807) is 0 Å². The van der Waals surface area contributed by atoms with Crippen LogP contribution in [0, 0.1) is 0 Å². The van der Waals surface area contributed by atoms with Gasteiger partial charge in [-0.3, -0.25) is 0 Å². The molecule has 0 saturated heterocycles. The van der Waals surface area contributed by atoms with Crippen molar-refractivity contribution in [2.45, 2.75) is 13.3 Å². The quantitative estimate of drug-likeness (QED) is 0.632. The van der Waals surface area contributed by atoms with Crippen LogP contribution in [0.2, 0.25) is 0 Å². The van der Waals surface area contributed by atoms with Crippen molar-refractivity contribution in [3.8, 4) is 0 Å². The minimum atomic E-state index is 0.874. The molecular formula is C9H14N2. The van der Waals surface area contributed by atoms with E-state index in [0.29, 0.717) is 0 Å². The van der Waals surface area contributed by atoms with Gasteiger partial charge >= 0.3 is 0 Å². The Morgan fingerprint density at radius 3 is 2.64 bits per heavy atom. The largest absolute Gasteiger partial charge is 0.398 e. The Hall–Kier alpha value is -1.18. The van der Waals surface area contributed by atoms with Crippen LogP contribution in [0.3, 0.4) is 0 Å². The van der Waals surface area contributed by atoms with Crippen LogP contribution in [-0.2, 0) is 6.42 Å². The smallest absolute Gasteiger partial charge is 0.0367 e. The number of benzene rings is 1. The molecule has 0 heterocycles. The van der Waals surface area contributed by atoms with Gasteiger partial charge in [-0.05, 0) is 24.1 Å². The van der Waals surface area contributed by atoms with Gasteiger partial charge in [0.25, 0.3) is 0 Å². The van der Waals surface area contributed by atoms with E-state index in [4.69, 9.17) is 5.73 Å². The maximum absolute atomic E-state index is 5.77. The molecule has 2 heteroatoms. The van der Waals surface area contributed by atoms with Crippen molar-refractivity contribution in [2.24, 2.45) is 0 Å². The summed E-state index contributed by atoms with van der Waals surface area (Å²) in [6.07, 6.45) is 0.996. The Balaban J connectivity index is 2.99. The monoisotopic (exact) mass is 150 g/mol. The van der Waals surface area contributed by atoms with Gasteiger partial charge < -0.3 is 11.1 Å². The van der Waals surface area contributed by atoms with Crippen molar-refractivity contribution in [2.75, 3.05) is 18.1 Å². The number of hydrogen-bond acceptors (Lipinski definition) is 2. The average molecular weight is 150 g/mol. The van der Waals surface area contributed by atoms with Crippen LogP contribution < -0.4 is 11.1 Å². The Bertz CT molecular complexity index is 243. The molecule has 0 spiro atoms. The predicted octanol–water partition coefficient (Wildman–Crippen LogP) is 1.87. The van der Waals surface area contributed by atoms with Crippen molar-refractivity contribution < 1.29 is 0 Å². The van der Waals surface area contributed by atoms with Crippen LogP contribution in [0.5, 0.6) is 0 Å². The summed E-state index contributed by atoms with van der Waals surface area (Å²) in [5.74, 6) is 0. The zero-order valence-corrected chi connectivity index (χ0v) is 7.02. The Morgan fingerprint density at radius 1 is 1.45 bits per heavy atom. The van der Waals surface area contributed by atoms with Crippen LogP contribution in [0.15, 0.2) is 18.2 Å². The number of nitrogens with two attached hydrogens (primary N) is 1. The molecule has 0 bridgehead atoms. The maximum Gasteiger partial charge on any atom is 0.0367 e. The minimum absolute atomic E-state index is 0.874. The molecule has 0 atom stereocenters. The zero-order valence-electron chi connectivity index (χ0n) is 7.02. The van der Waals surface area contributed by atoms with Crippen LogP contribution >= 0.6 is 0 Å². The second-order valence-corrected chi connectivity index (χ2v) is 2.52. The second-order valence-electron chi connectivity index (χ2n) is 2.52. The molecule has 0 aliphatic rings. The molecule has 1 rings (SSSR count). The van der Waals surface area contributed by atoms with Gasteiger partial charge in [-0.15, -0.1) is 0 Å². The van der Waals surface area contributed by atoms with Crippen LogP contribution in [-0.4, -0.2) is 7.05 Å². The lowest BCUT2D eigenvalue weighted by molar-refractivity contribution is 1.14. The summed E-state index contributed by atoms with van der Waals surface area (Å²) < 4.78 is 0. The van der Waals surface area contributed by atoms with Crippen molar-refractivity contribution in [3.63, 3.8) is 0 Å².